The maximum absolute atomic E-state index is 13.8. The molecular weight excluding hydrogens is 294 g/mol. The van der Waals surface area contributed by atoms with Crippen LogP contribution in [0.3, 0.4) is 0 Å². The molecule has 2 rings (SSSR count). The van der Waals surface area contributed by atoms with Crippen LogP contribution in [0.4, 0.5) is 14.5 Å². The van der Waals surface area contributed by atoms with Crippen molar-refractivity contribution in [2.45, 2.75) is 31.8 Å². The summed E-state index contributed by atoms with van der Waals surface area (Å²) in [5, 5.41) is 3.00. The van der Waals surface area contributed by atoms with Gasteiger partial charge in [-0.25, -0.2) is 8.78 Å². The molecule has 1 aromatic carbocycles. The van der Waals surface area contributed by atoms with E-state index in [1.165, 1.54) is 13.2 Å². The molecule has 0 aromatic heterocycles. The molecule has 2 atom stereocenters. The number of carbonyl (C=O) groups excluding carboxylic acids is 2. The van der Waals surface area contributed by atoms with Crippen molar-refractivity contribution in [3.05, 3.63) is 29.8 Å². The van der Waals surface area contributed by atoms with E-state index in [2.05, 4.69) is 10.1 Å². The highest BCUT2D eigenvalue weighted by molar-refractivity contribution is 5.96. The van der Waals surface area contributed by atoms with Gasteiger partial charge in [-0.3, -0.25) is 14.9 Å². The molecule has 1 N–H and O–H groups in total. The molecule has 1 amide bonds. The summed E-state index contributed by atoms with van der Waals surface area (Å²) in [5.74, 6) is -2.38. The number of ether oxygens (including phenoxy) is 1. The molecule has 1 heterocycles. The maximum atomic E-state index is 13.8. The molecule has 1 aliphatic heterocycles. The van der Waals surface area contributed by atoms with Crippen molar-refractivity contribution in [1.82, 2.24) is 5.32 Å². The molecular formula is C15H18F2N2O3. The highest BCUT2D eigenvalue weighted by Crippen LogP contribution is 2.27. The molecule has 22 heavy (non-hydrogen) atoms. The van der Waals surface area contributed by atoms with E-state index in [0.29, 0.717) is 6.42 Å². The number of nitrogens with one attached hydrogen (secondary N) is 1. The Morgan fingerprint density at radius 1 is 1.45 bits per heavy atom. The number of hydrogen-bond donors (Lipinski definition) is 1. The van der Waals surface area contributed by atoms with Crippen LogP contribution in [0.1, 0.15) is 19.8 Å². The first-order valence-electron chi connectivity index (χ1n) is 7.06. The summed E-state index contributed by atoms with van der Waals surface area (Å²) in [6.07, 6.45) is 0.562. The average Bonchev–Trinajstić information content (AvgIpc) is 2.84. The van der Waals surface area contributed by atoms with Crippen LogP contribution in [0.15, 0.2) is 18.2 Å². The molecule has 0 spiro atoms. The number of amides is 1. The number of anilines is 1. The molecule has 1 aliphatic rings. The zero-order valence-corrected chi connectivity index (χ0v) is 12.4. The van der Waals surface area contributed by atoms with E-state index >= 15 is 0 Å². The van der Waals surface area contributed by atoms with Gasteiger partial charge in [0.25, 0.3) is 0 Å². The zero-order chi connectivity index (χ0) is 16.3. The lowest BCUT2D eigenvalue weighted by Crippen LogP contribution is -2.44. The number of nitrogens with zero attached hydrogens (tertiary/aromatic N) is 1. The van der Waals surface area contributed by atoms with Crippen molar-refractivity contribution in [3.63, 3.8) is 0 Å². The Morgan fingerprint density at radius 3 is 2.64 bits per heavy atom. The number of rotatable bonds is 5. The van der Waals surface area contributed by atoms with Crippen LogP contribution in [-0.4, -0.2) is 37.6 Å². The van der Waals surface area contributed by atoms with Crippen LogP contribution in [0.2, 0.25) is 0 Å². The first-order valence-corrected chi connectivity index (χ1v) is 7.06. The molecule has 5 nitrogen and oxygen atoms in total. The van der Waals surface area contributed by atoms with Crippen molar-refractivity contribution in [2.75, 3.05) is 18.6 Å². The third-order valence-electron chi connectivity index (χ3n) is 3.66. The molecule has 0 aliphatic carbocycles. The largest absolute Gasteiger partial charge is 0.468 e. The minimum Gasteiger partial charge on any atom is -0.468 e. The average molecular weight is 312 g/mol. The minimum absolute atomic E-state index is 0.0707. The molecule has 0 radical (unpaired) electrons. The number of benzene rings is 1. The van der Waals surface area contributed by atoms with Gasteiger partial charge in [0.15, 0.2) is 0 Å². The van der Waals surface area contributed by atoms with Gasteiger partial charge in [-0.1, -0.05) is 13.0 Å². The van der Waals surface area contributed by atoms with Gasteiger partial charge in [0.05, 0.1) is 7.11 Å². The predicted molar refractivity (Wildman–Crippen MR) is 76.3 cm³/mol. The number of halogens is 2. The second-order valence-electron chi connectivity index (χ2n) is 5.13. The van der Waals surface area contributed by atoms with Gasteiger partial charge in [-0.15, -0.1) is 0 Å². The Labute approximate surface area is 127 Å². The van der Waals surface area contributed by atoms with Crippen LogP contribution >= 0.6 is 0 Å². The van der Waals surface area contributed by atoms with Crippen molar-refractivity contribution in [1.29, 1.82) is 0 Å². The van der Waals surface area contributed by atoms with Crippen LogP contribution in [-0.2, 0) is 14.3 Å². The van der Waals surface area contributed by atoms with Crippen LogP contribution in [0.5, 0.6) is 0 Å². The molecule has 1 aromatic rings. The Morgan fingerprint density at radius 2 is 2.09 bits per heavy atom. The Hall–Kier alpha value is -2.02. The van der Waals surface area contributed by atoms with Gasteiger partial charge >= 0.3 is 5.97 Å². The topological polar surface area (TPSA) is 58.6 Å². The van der Waals surface area contributed by atoms with E-state index in [1.807, 2.05) is 0 Å². The lowest BCUT2D eigenvalue weighted by Gasteiger charge is -2.21. The summed E-state index contributed by atoms with van der Waals surface area (Å²) in [6.45, 7) is 1.91. The fourth-order valence-electron chi connectivity index (χ4n) is 2.56. The van der Waals surface area contributed by atoms with Gasteiger partial charge in [0.2, 0.25) is 5.91 Å². The van der Waals surface area contributed by atoms with Crippen LogP contribution in [0.25, 0.3) is 0 Å². The van der Waals surface area contributed by atoms with E-state index in [4.69, 9.17) is 0 Å². The summed E-state index contributed by atoms with van der Waals surface area (Å²) >= 11 is 0. The molecule has 120 valence electrons. The highest BCUT2D eigenvalue weighted by atomic mass is 19.1. The fraction of sp³-hybridized carbons (Fsp3) is 0.467. The Bertz CT molecular complexity index is 560. The van der Waals surface area contributed by atoms with Gasteiger partial charge in [-0.2, -0.15) is 0 Å². The summed E-state index contributed by atoms with van der Waals surface area (Å²) in [5.41, 5.74) is -0.345. The number of methoxy groups -OCH3 is 1. The highest BCUT2D eigenvalue weighted by Gasteiger charge is 2.35. The first kappa shape index (κ1) is 16.4. The van der Waals surface area contributed by atoms with Crippen LogP contribution in [0, 0.1) is 11.6 Å². The summed E-state index contributed by atoms with van der Waals surface area (Å²) in [6, 6.07) is 2.55. The predicted octanol–water partition coefficient (Wildman–Crippen LogP) is 1.61. The van der Waals surface area contributed by atoms with E-state index in [-0.39, 0.29) is 30.6 Å². The monoisotopic (exact) mass is 312 g/mol. The van der Waals surface area contributed by atoms with E-state index in [1.54, 1.807) is 6.92 Å². The molecule has 2 unspecified atom stereocenters. The Kier molecular flexibility index (Phi) is 5.07. The zero-order valence-electron chi connectivity index (χ0n) is 12.4. The Balaban J connectivity index is 2.13. The van der Waals surface area contributed by atoms with Crippen molar-refractivity contribution < 1.29 is 23.1 Å². The lowest BCUT2D eigenvalue weighted by atomic mass is 10.1. The maximum Gasteiger partial charge on any atom is 0.322 e. The van der Waals surface area contributed by atoms with E-state index < -0.39 is 23.6 Å². The van der Waals surface area contributed by atoms with Gasteiger partial charge < -0.3 is 9.64 Å². The lowest BCUT2D eigenvalue weighted by molar-refractivity contribution is -0.143. The minimum atomic E-state index is -0.783. The fourth-order valence-corrected chi connectivity index (χ4v) is 2.56. The van der Waals surface area contributed by atoms with E-state index in [0.717, 1.165) is 17.0 Å². The smallest absolute Gasteiger partial charge is 0.322 e. The normalized spacial score (nSPS) is 19.4. The molecule has 1 saturated heterocycles. The summed E-state index contributed by atoms with van der Waals surface area (Å²) in [4.78, 5) is 24.7. The number of esters is 1. The first-order chi connectivity index (χ1) is 10.5. The summed E-state index contributed by atoms with van der Waals surface area (Å²) < 4.78 is 32.2. The molecule has 0 bridgehead atoms. The second-order valence-corrected chi connectivity index (χ2v) is 5.13. The van der Waals surface area contributed by atoms with Gasteiger partial charge in [0.1, 0.15) is 23.4 Å². The number of hydrogen-bond acceptors (Lipinski definition) is 4. The second kappa shape index (κ2) is 6.83. The van der Waals surface area contributed by atoms with Crippen molar-refractivity contribution >= 4 is 17.6 Å². The van der Waals surface area contributed by atoms with Gasteiger partial charge in [0, 0.05) is 19.0 Å². The number of para-hydroxylation sites is 1. The third-order valence-corrected chi connectivity index (χ3v) is 3.66. The summed E-state index contributed by atoms with van der Waals surface area (Å²) in [7, 11) is 1.29. The molecule has 0 saturated carbocycles. The standard InChI is InChI=1S/C15H18F2N2O3/c1-3-12(15(21)22-2)18-9-7-13(20)19(8-9)14-10(16)5-4-6-11(14)17/h4-6,9,12,18H,3,7-8H2,1-2H3. The quantitative estimate of drug-likeness (QED) is 0.839. The third kappa shape index (κ3) is 3.24. The SMILES string of the molecule is CCC(NC1CC(=O)N(c2c(F)cccc2F)C1)C(=O)OC. The van der Waals surface area contributed by atoms with E-state index in [9.17, 15) is 18.4 Å². The van der Waals surface area contributed by atoms with Crippen LogP contribution < -0.4 is 10.2 Å². The molecule has 1 fully saturated rings. The number of carbonyl (C=O) groups is 2. The van der Waals surface area contributed by atoms with Crippen molar-refractivity contribution in [2.24, 2.45) is 0 Å². The molecule has 7 heteroatoms. The van der Waals surface area contributed by atoms with Crippen molar-refractivity contribution in [3.8, 4) is 0 Å². The van der Waals surface area contributed by atoms with Gasteiger partial charge in [-0.05, 0) is 18.6 Å².